The van der Waals surface area contributed by atoms with E-state index in [4.69, 9.17) is 9.40 Å². The molecule has 0 amide bonds. The molecule has 0 fully saturated rings. The number of benzene rings is 2. The quantitative estimate of drug-likeness (QED) is 0.585. The largest absolute Gasteiger partial charge is 0.463 e. The van der Waals surface area contributed by atoms with E-state index in [9.17, 15) is 5.11 Å². The molecule has 0 saturated heterocycles. The van der Waals surface area contributed by atoms with E-state index in [1.807, 2.05) is 78.9 Å². The second-order valence-corrected chi connectivity index (χ2v) is 6.19. The maximum atomic E-state index is 11.8. The SMILES string of the molecule is OC1(c2cccc(-c3ccco3)n2)c2ccccc2-c2ccccc21. The maximum Gasteiger partial charge on any atom is 0.158 e. The Morgan fingerprint density at radius 1 is 0.720 bits per heavy atom. The molecule has 0 aliphatic heterocycles. The van der Waals surface area contributed by atoms with Gasteiger partial charge in [0.1, 0.15) is 5.69 Å². The van der Waals surface area contributed by atoms with Gasteiger partial charge in [-0.25, -0.2) is 4.98 Å². The number of aliphatic hydroxyl groups is 1. The molecule has 2 aromatic carbocycles. The molecular weight excluding hydrogens is 310 g/mol. The van der Waals surface area contributed by atoms with Crippen molar-refractivity contribution in [1.29, 1.82) is 0 Å². The van der Waals surface area contributed by atoms with E-state index in [-0.39, 0.29) is 0 Å². The van der Waals surface area contributed by atoms with Gasteiger partial charge in [-0.05, 0) is 35.4 Å². The van der Waals surface area contributed by atoms with Gasteiger partial charge in [-0.15, -0.1) is 0 Å². The molecule has 0 bridgehead atoms. The first-order valence-electron chi connectivity index (χ1n) is 8.21. The van der Waals surface area contributed by atoms with Crippen LogP contribution in [0.15, 0.2) is 89.5 Å². The lowest BCUT2D eigenvalue weighted by Crippen LogP contribution is -2.27. The Balaban J connectivity index is 1.78. The fourth-order valence-electron chi connectivity index (χ4n) is 3.69. The fraction of sp³-hybridized carbons (Fsp3) is 0.0455. The summed E-state index contributed by atoms with van der Waals surface area (Å²) in [5, 5.41) is 11.8. The van der Waals surface area contributed by atoms with E-state index < -0.39 is 5.60 Å². The van der Waals surface area contributed by atoms with Crippen LogP contribution in [0.1, 0.15) is 16.8 Å². The maximum absolute atomic E-state index is 11.8. The number of hydrogen-bond acceptors (Lipinski definition) is 3. The zero-order valence-electron chi connectivity index (χ0n) is 13.4. The minimum Gasteiger partial charge on any atom is -0.463 e. The van der Waals surface area contributed by atoms with Gasteiger partial charge < -0.3 is 9.52 Å². The molecule has 0 atom stereocenters. The summed E-state index contributed by atoms with van der Waals surface area (Å²) in [6.45, 7) is 0. The van der Waals surface area contributed by atoms with Crippen LogP contribution in [0.25, 0.3) is 22.6 Å². The highest BCUT2D eigenvalue weighted by atomic mass is 16.3. The summed E-state index contributed by atoms with van der Waals surface area (Å²) >= 11 is 0. The normalized spacial score (nSPS) is 14.1. The number of fused-ring (bicyclic) bond motifs is 3. The number of hydrogen-bond donors (Lipinski definition) is 1. The summed E-state index contributed by atoms with van der Waals surface area (Å²) in [5.41, 5.74) is 3.85. The lowest BCUT2D eigenvalue weighted by molar-refractivity contribution is 0.126. The molecule has 0 unspecified atom stereocenters. The number of aromatic nitrogens is 1. The summed E-state index contributed by atoms with van der Waals surface area (Å²) in [4.78, 5) is 4.72. The van der Waals surface area contributed by atoms with Crippen molar-refractivity contribution in [3.05, 3.63) is 102 Å². The smallest absolute Gasteiger partial charge is 0.158 e. The van der Waals surface area contributed by atoms with Crippen LogP contribution in [-0.4, -0.2) is 10.1 Å². The van der Waals surface area contributed by atoms with Crippen molar-refractivity contribution < 1.29 is 9.52 Å². The molecule has 2 aromatic heterocycles. The van der Waals surface area contributed by atoms with Crippen molar-refractivity contribution in [3.8, 4) is 22.6 Å². The molecule has 2 heterocycles. The summed E-state index contributed by atoms with van der Waals surface area (Å²) < 4.78 is 5.46. The Hall–Kier alpha value is -3.17. The average Bonchev–Trinajstić information content (AvgIpc) is 3.30. The number of furan rings is 1. The highest BCUT2D eigenvalue weighted by molar-refractivity contribution is 5.81. The molecule has 0 radical (unpaired) electrons. The van der Waals surface area contributed by atoms with E-state index in [2.05, 4.69) is 0 Å². The highest BCUT2D eigenvalue weighted by Crippen LogP contribution is 2.50. The summed E-state index contributed by atoms with van der Waals surface area (Å²) in [5.74, 6) is 0.685. The predicted molar refractivity (Wildman–Crippen MR) is 95.9 cm³/mol. The second kappa shape index (κ2) is 5.16. The first-order valence-corrected chi connectivity index (χ1v) is 8.21. The van der Waals surface area contributed by atoms with Crippen LogP contribution in [-0.2, 0) is 5.60 Å². The van der Waals surface area contributed by atoms with Crippen molar-refractivity contribution in [2.75, 3.05) is 0 Å². The van der Waals surface area contributed by atoms with Crippen molar-refractivity contribution in [2.24, 2.45) is 0 Å². The van der Waals surface area contributed by atoms with Crippen LogP contribution >= 0.6 is 0 Å². The van der Waals surface area contributed by atoms with Gasteiger partial charge in [0.05, 0.1) is 12.0 Å². The van der Waals surface area contributed by atoms with Crippen molar-refractivity contribution in [2.45, 2.75) is 5.60 Å². The number of nitrogens with zero attached hydrogens (tertiary/aromatic N) is 1. The van der Waals surface area contributed by atoms with E-state index >= 15 is 0 Å². The molecule has 25 heavy (non-hydrogen) atoms. The monoisotopic (exact) mass is 325 g/mol. The van der Waals surface area contributed by atoms with Gasteiger partial charge in [0, 0.05) is 11.1 Å². The van der Waals surface area contributed by atoms with Gasteiger partial charge in [0.15, 0.2) is 11.4 Å². The molecule has 3 heteroatoms. The van der Waals surface area contributed by atoms with E-state index in [1.54, 1.807) is 6.26 Å². The van der Waals surface area contributed by atoms with Gasteiger partial charge in [-0.3, -0.25) is 0 Å². The predicted octanol–water partition coefficient (Wildman–Crippen LogP) is 4.61. The molecule has 0 saturated carbocycles. The van der Waals surface area contributed by atoms with Crippen molar-refractivity contribution in [1.82, 2.24) is 4.98 Å². The van der Waals surface area contributed by atoms with Gasteiger partial charge in [0.2, 0.25) is 0 Å². The molecule has 5 rings (SSSR count). The van der Waals surface area contributed by atoms with Crippen molar-refractivity contribution >= 4 is 0 Å². The summed E-state index contributed by atoms with van der Waals surface area (Å²) in [6, 6.07) is 25.3. The minimum atomic E-state index is -1.27. The second-order valence-electron chi connectivity index (χ2n) is 6.19. The Labute approximate surface area is 145 Å². The number of pyridine rings is 1. The molecular formula is C22H15NO2. The lowest BCUT2D eigenvalue weighted by Gasteiger charge is -2.25. The summed E-state index contributed by atoms with van der Waals surface area (Å²) in [7, 11) is 0. The van der Waals surface area contributed by atoms with Crippen LogP contribution < -0.4 is 0 Å². The van der Waals surface area contributed by atoms with E-state index in [0.717, 1.165) is 22.3 Å². The molecule has 1 N–H and O–H groups in total. The Morgan fingerprint density at radius 2 is 1.40 bits per heavy atom. The zero-order chi connectivity index (χ0) is 16.9. The Bertz CT molecular complexity index is 1020. The van der Waals surface area contributed by atoms with E-state index in [1.165, 1.54) is 0 Å². The molecule has 1 aliphatic rings. The third-order valence-electron chi connectivity index (χ3n) is 4.82. The molecule has 4 aromatic rings. The average molecular weight is 325 g/mol. The first kappa shape index (κ1) is 14.2. The number of rotatable bonds is 2. The van der Waals surface area contributed by atoms with Gasteiger partial charge in [-0.1, -0.05) is 54.6 Å². The van der Waals surface area contributed by atoms with Gasteiger partial charge >= 0.3 is 0 Å². The zero-order valence-corrected chi connectivity index (χ0v) is 13.4. The lowest BCUT2D eigenvalue weighted by atomic mass is 9.87. The molecule has 3 nitrogen and oxygen atoms in total. The van der Waals surface area contributed by atoms with Crippen LogP contribution in [0.2, 0.25) is 0 Å². The van der Waals surface area contributed by atoms with Gasteiger partial charge in [0.25, 0.3) is 0 Å². The summed E-state index contributed by atoms with van der Waals surface area (Å²) in [6.07, 6.45) is 1.62. The molecule has 120 valence electrons. The third-order valence-corrected chi connectivity index (χ3v) is 4.82. The van der Waals surface area contributed by atoms with Crippen LogP contribution in [0.3, 0.4) is 0 Å². The van der Waals surface area contributed by atoms with Crippen LogP contribution in [0.4, 0.5) is 0 Å². The Kier molecular flexibility index (Phi) is 2.93. The highest BCUT2D eigenvalue weighted by Gasteiger charge is 2.44. The van der Waals surface area contributed by atoms with Crippen molar-refractivity contribution in [3.63, 3.8) is 0 Å². The van der Waals surface area contributed by atoms with Crippen LogP contribution in [0.5, 0.6) is 0 Å². The fourth-order valence-corrected chi connectivity index (χ4v) is 3.69. The first-order chi connectivity index (χ1) is 12.3. The minimum absolute atomic E-state index is 0.596. The topological polar surface area (TPSA) is 46.3 Å². The Morgan fingerprint density at radius 3 is 2.04 bits per heavy atom. The van der Waals surface area contributed by atoms with Crippen LogP contribution in [0, 0.1) is 0 Å². The molecule has 0 spiro atoms. The third kappa shape index (κ3) is 1.93. The standard InChI is InChI=1S/C22H15NO2/c24-22(21-13-5-11-19(23-21)20-12-6-14-25-20)17-9-3-1-7-15(17)16-8-2-4-10-18(16)22/h1-14,24H. The molecule has 1 aliphatic carbocycles. The van der Waals surface area contributed by atoms with E-state index in [0.29, 0.717) is 17.1 Å². The van der Waals surface area contributed by atoms with Gasteiger partial charge in [-0.2, -0.15) is 0 Å².